The van der Waals surface area contributed by atoms with Crippen LogP contribution in [-0.4, -0.2) is 53.5 Å². The Morgan fingerprint density at radius 3 is 2.08 bits per heavy atom. The van der Waals surface area contributed by atoms with Gasteiger partial charge in [-0.05, 0) is 0 Å². The molecule has 4 nitrogen and oxygen atoms in total. The fourth-order valence-electron chi connectivity index (χ4n) is 1.23. The average molecular weight is 176 g/mol. The Bertz CT molecular complexity index is 146. The minimum absolute atomic E-state index is 0.221. The Morgan fingerprint density at radius 2 is 1.83 bits per heavy atom. The highest BCUT2D eigenvalue weighted by atomic mass is 16.6. The van der Waals surface area contributed by atoms with Crippen molar-refractivity contribution in [2.45, 2.75) is 32.4 Å². The van der Waals surface area contributed by atoms with Crippen LogP contribution >= 0.6 is 0 Å². The number of epoxide rings is 1. The third-order valence-corrected chi connectivity index (χ3v) is 2.71. The fourth-order valence-corrected chi connectivity index (χ4v) is 1.23. The van der Waals surface area contributed by atoms with Gasteiger partial charge in [0.15, 0.2) is 12.5 Å². The third kappa shape index (κ3) is 1.95. The van der Waals surface area contributed by atoms with Gasteiger partial charge in [0.2, 0.25) is 0 Å². The Kier molecular flexibility index (Phi) is 2.73. The number of nitrogens with zero attached hydrogens (tertiary/aromatic N) is 1. The van der Waals surface area contributed by atoms with Crippen LogP contribution in [0.3, 0.4) is 0 Å². The Balaban J connectivity index is 2.56. The van der Waals surface area contributed by atoms with E-state index in [-0.39, 0.29) is 10.6 Å². The maximum absolute atomic E-state index is 9.48. The quantitative estimate of drug-likeness (QED) is 0.345. The van der Waals surface area contributed by atoms with Gasteiger partial charge in [0.05, 0.1) is 13.7 Å². The lowest BCUT2D eigenvalue weighted by atomic mass is 10.3. The van der Waals surface area contributed by atoms with E-state index in [4.69, 9.17) is 4.74 Å². The molecule has 1 rings (SSSR count). The number of quaternary nitrogens is 1. The molecule has 1 saturated heterocycles. The normalized spacial score (nSPS) is 32.2. The fraction of sp³-hybridized carbons (Fsp3) is 1.00. The monoisotopic (exact) mass is 176 g/mol. The van der Waals surface area contributed by atoms with Crippen molar-refractivity contribution in [1.82, 2.24) is 0 Å². The van der Waals surface area contributed by atoms with Crippen LogP contribution in [0.25, 0.3) is 0 Å². The second kappa shape index (κ2) is 3.30. The summed E-state index contributed by atoms with van der Waals surface area (Å²) in [5, 5.41) is 19.0. The Labute approximate surface area is 73.0 Å². The molecule has 0 bridgehead atoms. The van der Waals surface area contributed by atoms with Crippen molar-refractivity contribution in [2.75, 3.05) is 20.2 Å². The van der Waals surface area contributed by atoms with Crippen LogP contribution in [0, 0.1) is 0 Å². The van der Waals surface area contributed by atoms with E-state index in [1.807, 2.05) is 7.05 Å². The van der Waals surface area contributed by atoms with Crippen molar-refractivity contribution in [3.05, 3.63) is 0 Å². The van der Waals surface area contributed by atoms with E-state index in [0.29, 0.717) is 6.54 Å². The standard InChI is InChI=1S/C8H18NO3/c1-6(10)9(3,7(2)11)4-8-5-12-8/h6-8,10-11H,4-5H2,1-3H3/q+1. The molecule has 3 unspecified atom stereocenters. The number of rotatable bonds is 4. The smallest absolute Gasteiger partial charge is 0.189 e. The third-order valence-electron chi connectivity index (χ3n) is 2.71. The first-order chi connectivity index (χ1) is 5.47. The van der Waals surface area contributed by atoms with Crippen LogP contribution in [0.5, 0.6) is 0 Å². The Morgan fingerprint density at radius 1 is 1.42 bits per heavy atom. The first-order valence-electron chi connectivity index (χ1n) is 4.29. The van der Waals surface area contributed by atoms with Gasteiger partial charge < -0.3 is 14.9 Å². The molecule has 0 aromatic carbocycles. The molecular weight excluding hydrogens is 158 g/mol. The van der Waals surface area contributed by atoms with Gasteiger partial charge in [0.1, 0.15) is 12.6 Å². The number of likely N-dealkylation sites (N-methyl/N-ethyl adjacent to an activating group) is 1. The van der Waals surface area contributed by atoms with Gasteiger partial charge in [0, 0.05) is 13.8 Å². The van der Waals surface area contributed by atoms with Crippen LogP contribution < -0.4 is 0 Å². The molecule has 0 amide bonds. The summed E-state index contributed by atoms with van der Waals surface area (Å²) < 4.78 is 5.31. The highest BCUT2D eigenvalue weighted by molar-refractivity contribution is 4.68. The van der Waals surface area contributed by atoms with E-state index in [9.17, 15) is 10.2 Å². The molecule has 0 saturated carbocycles. The lowest BCUT2D eigenvalue weighted by Crippen LogP contribution is -2.58. The summed E-state index contributed by atoms with van der Waals surface area (Å²) in [5.74, 6) is 0. The van der Waals surface area contributed by atoms with E-state index in [1.165, 1.54) is 0 Å². The molecule has 0 spiro atoms. The maximum atomic E-state index is 9.48. The van der Waals surface area contributed by atoms with E-state index in [1.54, 1.807) is 13.8 Å². The lowest BCUT2D eigenvalue weighted by molar-refractivity contribution is -0.990. The van der Waals surface area contributed by atoms with Gasteiger partial charge in [-0.15, -0.1) is 0 Å². The number of aliphatic hydroxyl groups excluding tert-OH is 2. The minimum atomic E-state index is -0.561. The first-order valence-corrected chi connectivity index (χ1v) is 4.29. The zero-order valence-corrected chi connectivity index (χ0v) is 7.90. The first kappa shape index (κ1) is 9.92. The molecule has 1 aliphatic rings. The summed E-state index contributed by atoms with van der Waals surface area (Å²) in [7, 11) is 1.83. The van der Waals surface area contributed by atoms with Crippen LogP contribution in [0.15, 0.2) is 0 Å². The summed E-state index contributed by atoms with van der Waals surface area (Å²) >= 11 is 0. The molecule has 4 heteroatoms. The summed E-state index contributed by atoms with van der Waals surface area (Å²) in [4.78, 5) is 0. The topological polar surface area (TPSA) is 53.0 Å². The van der Waals surface area contributed by atoms with E-state index in [2.05, 4.69) is 0 Å². The summed E-state index contributed by atoms with van der Waals surface area (Å²) in [6.07, 6.45) is -0.900. The number of ether oxygens (including phenoxy) is 1. The van der Waals surface area contributed by atoms with Crippen molar-refractivity contribution in [3.63, 3.8) is 0 Å². The van der Waals surface area contributed by atoms with Crippen LogP contribution in [0.1, 0.15) is 13.8 Å². The molecule has 2 N–H and O–H groups in total. The van der Waals surface area contributed by atoms with Crippen molar-refractivity contribution in [2.24, 2.45) is 0 Å². The average Bonchev–Trinajstić information content (AvgIpc) is 2.70. The molecule has 0 aromatic rings. The zero-order chi connectivity index (χ0) is 9.35. The van der Waals surface area contributed by atoms with Crippen LogP contribution in [0.4, 0.5) is 0 Å². The molecule has 1 fully saturated rings. The van der Waals surface area contributed by atoms with Gasteiger partial charge in [-0.1, -0.05) is 0 Å². The molecule has 0 aromatic heterocycles. The molecular formula is C8H18NO3+. The highest BCUT2D eigenvalue weighted by Gasteiger charge is 2.40. The molecule has 1 aliphatic heterocycles. The van der Waals surface area contributed by atoms with Gasteiger partial charge in [-0.25, -0.2) is 0 Å². The van der Waals surface area contributed by atoms with Crippen LogP contribution in [-0.2, 0) is 4.74 Å². The summed E-state index contributed by atoms with van der Waals surface area (Å²) in [6, 6.07) is 0. The molecule has 3 atom stereocenters. The molecule has 0 aliphatic carbocycles. The lowest BCUT2D eigenvalue weighted by Gasteiger charge is -2.39. The van der Waals surface area contributed by atoms with Gasteiger partial charge >= 0.3 is 0 Å². The predicted molar refractivity (Wildman–Crippen MR) is 44.2 cm³/mol. The molecule has 1 heterocycles. The SMILES string of the molecule is CC(O)[N+](C)(CC1CO1)C(C)O. The molecule has 72 valence electrons. The van der Waals surface area contributed by atoms with E-state index >= 15 is 0 Å². The zero-order valence-electron chi connectivity index (χ0n) is 7.90. The highest BCUT2D eigenvalue weighted by Crippen LogP contribution is 2.20. The van der Waals surface area contributed by atoms with E-state index in [0.717, 1.165) is 6.61 Å². The van der Waals surface area contributed by atoms with Crippen molar-refractivity contribution >= 4 is 0 Å². The van der Waals surface area contributed by atoms with Crippen molar-refractivity contribution in [1.29, 1.82) is 0 Å². The van der Waals surface area contributed by atoms with Gasteiger partial charge in [0.25, 0.3) is 0 Å². The molecule has 12 heavy (non-hydrogen) atoms. The van der Waals surface area contributed by atoms with Crippen molar-refractivity contribution in [3.8, 4) is 0 Å². The maximum Gasteiger partial charge on any atom is 0.189 e. The van der Waals surface area contributed by atoms with Crippen LogP contribution in [0.2, 0.25) is 0 Å². The van der Waals surface area contributed by atoms with Gasteiger partial charge in [-0.3, -0.25) is 4.48 Å². The Hall–Kier alpha value is -0.160. The van der Waals surface area contributed by atoms with Crippen molar-refractivity contribution < 1.29 is 19.4 Å². The second-order valence-corrected chi connectivity index (χ2v) is 3.75. The summed E-state index contributed by atoms with van der Waals surface area (Å²) in [5.41, 5.74) is 0. The minimum Gasteiger partial charge on any atom is -0.367 e. The van der Waals surface area contributed by atoms with E-state index < -0.39 is 12.5 Å². The number of hydrogen-bond acceptors (Lipinski definition) is 3. The van der Waals surface area contributed by atoms with Gasteiger partial charge in [-0.2, -0.15) is 0 Å². The second-order valence-electron chi connectivity index (χ2n) is 3.75. The number of hydrogen-bond donors (Lipinski definition) is 2. The largest absolute Gasteiger partial charge is 0.367 e. The molecule has 0 radical (unpaired) electrons. The summed E-state index contributed by atoms with van der Waals surface area (Å²) in [6.45, 7) is 4.81. The predicted octanol–water partition coefficient (Wildman–Crippen LogP) is -0.492. The number of aliphatic hydroxyl groups is 2.